The lowest BCUT2D eigenvalue weighted by atomic mass is 10.1. The van der Waals surface area contributed by atoms with Crippen molar-refractivity contribution in [2.24, 2.45) is 0 Å². The first-order valence-electron chi connectivity index (χ1n) is 5.21. The van der Waals surface area contributed by atoms with Gasteiger partial charge in [0.05, 0.1) is 6.54 Å². The predicted octanol–water partition coefficient (Wildman–Crippen LogP) is 3.15. The van der Waals surface area contributed by atoms with Crippen molar-refractivity contribution in [3.63, 3.8) is 0 Å². The second-order valence-corrected chi connectivity index (χ2v) is 5.10. The topological polar surface area (TPSA) is 39.1 Å². The second kappa shape index (κ2) is 5.50. The molecule has 0 N–H and O–H groups in total. The summed E-state index contributed by atoms with van der Waals surface area (Å²) in [5.74, 6) is -0.155. The maximum absolute atomic E-state index is 12.0. The minimum atomic E-state index is -0.214. The van der Waals surface area contributed by atoms with Crippen LogP contribution in [0.4, 0.5) is 0 Å². The fourth-order valence-corrected chi connectivity index (χ4v) is 2.10. The highest BCUT2D eigenvalue weighted by molar-refractivity contribution is 9.10. The Labute approximate surface area is 117 Å². The van der Waals surface area contributed by atoms with Crippen LogP contribution in [0.15, 0.2) is 51.9 Å². The largest absolute Gasteiger partial charge is 0.307 e. The third-order valence-electron chi connectivity index (χ3n) is 2.41. The molecule has 2 aromatic rings. The fraction of sp³-hybridized carbons (Fsp3) is 0.0769. The fourth-order valence-electron chi connectivity index (χ4n) is 1.53. The van der Waals surface area contributed by atoms with E-state index in [-0.39, 0.29) is 17.9 Å². The number of hydrogen-bond donors (Lipinski definition) is 0. The van der Waals surface area contributed by atoms with E-state index in [1.54, 1.807) is 36.5 Å². The molecule has 2 rings (SSSR count). The van der Waals surface area contributed by atoms with E-state index < -0.39 is 0 Å². The van der Waals surface area contributed by atoms with Gasteiger partial charge in [0.1, 0.15) is 0 Å². The summed E-state index contributed by atoms with van der Waals surface area (Å²) in [5.41, 5.74) is 0.281. The minimum Gasteiger partial charge on any atom is -0.307 e. The van der Waals surface area contributed by atoms with Crippen LogP contribution in [-0.2, 0) is 6.54 Å². The highest BCUT2D eigenvalue weighted by atomic mass is 79.9. The molecule has 92 valence electrons. The first kappa shape index (κ1) is 13.1. The maximum atomic E-state index is 12.0. The normalized spacial score (nSPS) is 10.3. The monoisotopic (exact) mass is 325 g/mol. The summed E-state index contributed by atoms with van der Waals surface area (Å²) in [4.78, 5) is 23.6. The number of carbonyl (C=O) groups is 1. The summed E-state index contributed by atoms with van der Waals surface area (Å²) in [6.45, 7) is -0.00137. The average Bonchev–Trinajstić information content (AvgIpc) is 2.34. The number of ketones is 1. The third-order valence-corrected chi connectivity index (χ3v) is 3.11. The van der Waals surface area contributed by atoms with E-state index in [0.717, 1.165) is 4.47 Å². The van der Waals surface area contributed by atoms with Crippen molar-refractivity contribution in [3.8, 4) is 0 Å². The van der Waals surface area contributed by atoms with Crippen molar-refractivity contribution in [1.82, 2.24) is 4.57 Å². The molecule has 0 fully saturated rings. The number of nitrogens with zero attached hydrogens (tertiary/aromatic N) is 1. The van der Waals surface area contributed by atoms with E-state index in [1.807, 2.05) is 0 Å². The molecule has 0 saturated carbocycles. The standard InChI is InChI=1S/C13H9BrClNO2/c14-10-4-5-13(18)16(7-10)8-12(17)9-2-1-3-11(15)6-9/h1-7H,8H2. The molecule has 0 radical (unpaired) electrons. The van der Waals surface area contributed by atoms with Crippen molar-refractivity contribution < 1.29 is 4.79 Å². The molecule has 0 bridgehead atoms. The van der Waals surface area contributed by atoms with Crippen LogP contribution in [0.5, 0.6) is 0 Å². The molecular formula is C13H9BrClNO2. The highest BCUT2D eigenvalue weighted by Gasteiger charge is 2.08. The lowest BCUT2D eigenvalue weighted by Crippen LogP contribution is -2.22. The number of hydrogen-bond acceptors (Lipinski definition) is 2. The van der Waals surface area contributed by atoms with Gasteiger partial charge in [-0.25, -0.2) is 0 Å². The van der Waals surface area contributed by atoms with Gasteiger partial charge in [0.15, 0.2) is 5.78 Å². The average molecular weight is 327 g/mol. The number of pyridine rings is 1. The van der Waals surface area contributed by atoms with Gasteiger partial charge in [-0.1, -0.05) is 23.7 Å². The number of carbonyl (C=O) groups excluding carboxylic acids is 1. The molecule has 0 saturated heterocycles. The molecule has 3 nitrogen and oxygen atoms in total. The Hall–Kier alpha value is -1.39. The van der Waals surface area contributed by atoms with Gasteiger partial charge in [-0.3, -0.25) is 9.59 Å². The summed E-state index contributed by atoms with van der Waals surface area (Å²) in [6.07, 6.45) is 1.59. The molecule has 0 aliphatic rings. The summed E-state index contributed by atoms with van der Waals surface area (Å²) in [5, 5.41) is 0.502. The van der Waals surface area contributed by atoms with Gasteiger partial charge in [-0.15, -0.1) is 0 Å². The van der Waals surface area contributed by atoms with Gasteiger partial charge in [0.2, 0.25) is 0 Å². The quantitative estimate of drug-likeness (QED) is 0.813. The van der Waals surface area contributed by atoms with Crippen LogP contribution >= 0.6 is 27.5 Å². The predicted molar refractivity (Wildman–Crippen MR) is 74.2 cm³/mol. The molecule has 0 aliphatic heterocycles. The van der Waals surface area contributed by atoms with E-state index in [0.29, 0.717) is 10.6 Å². The molecule has 1 aromatic heterocycles. The Morgan fingerprint density at radius 1 is 1.28 bits per heavy atom. The van der Waals surface area contributed by atoms with Crippen LogP contribution in [-0.4, -0.2) is 10.4 Å². The molecule has 0 spiro atoms. The molecule has 0 amide bonds. The minimum absolute atomic E-state index is 0.00137. The van der Waals surface area contributed by atoms with E-state index in [2.05, 4.69) is 15.9 Å². The van der Waals surface area contributed by atoms with Crippen LogP contribution in [0.2, 0.25) is 5.02 Å². The number of halogens is 2. The summed E-state index contributed by atoms with van der Waals surface area (Å²) >= 11 is 9.08. The Kier molecular flexibility index (Phi) is 3.99. The van der Waals surface area contributed by atoms with E-state index in [9.17, 15) is 9.59 Å². The van der Waals surface area contributed by atoms with Gasteiger partial charge >= 0.3 is 0 Å². The van der Waals surface area contributed by atoms with Crippen LogP contribution in [0.3, 0.4) is 0 Å². The molecular weight excluding hydrogens is 318 g/mol. The number of benzene rings is 1. The van der Waals surface area contributed by atoms with Crippen molar-refractivity contribution in [3.05, 3.63) is 68.0 Å². The maximum Gasteiger partial charge on any atom is 0.251 e. The highest BCUT2D eigenvalue weighted by Crippen LogP contribution is 2.12. The lowest BCUT2D eigenvalue weighted by molar-refractivity contribution is 0.0971. The summed E-state index contributed by atoms with van der Waals surface area (Å²) in [6, 6.07) is 9.73. The van der Waals surface area contributed by atoms with Crippen molar-refractivity contribution in [2.75, 3.05) is 0 Å². The van der Waals surface area contributed by atoms with E-state index in [4.69, 9.17) is 11.6 Å². The molecule has 1 heterocycles. The number of aromatic nitrogens is 1. The number of Topliss-reactive ketones (excluding diaryl/α,β-unsaturated/α-hetero) is 1. The SMILES string of the molecule is O=C(Cn1cc(Br)ccc1=O)c1cccc(Cl)c1. The van der Waals surface area contributed by atoms with E-state index in [1.165, 1.54) is 10.6 Å². The second-order valence-electron chi connectivity index (χ2n) is 3.75. The first-order chi connectivity index (χ1) is 8.56. The zero-order valence-electron chi connectivity index (χ0n) is 9.27. The third kappa shape index (κ3) is 3.09. The van der Waals surface area contributed by atoms with Gasteiger partial charge in [-0.05, 0) is 34.1 Å². The number of rotatable bonds is 3. The van der Waals surface area contributed by atoms with Crippen LogP contribution in [0.25, 0.3) is 0 Å². The van der Waals surface area contributed by atoms with Gasteiger partial charge in [-0.2, -0.15) is 0 Å². The van der Waals surface area contributed by atoms with Crippen LogP contribution in [0, 0.1) is 0 Å². The zero-order valence-corrected chi connectivity index (χ0v) is 11.6. The van der Waals surface area contributed by atoms with E-state index >= 15 is 0 Å². The zero-order chi connectivity index (χ0) is 13.1. The smallest absolute Gasteiger partial charge is 0.251 e. The Morgan fingerprint density at radius 2 is 2.06 bits per heavy atom. The van der Waals surface area contributed by atoms with Crippen LogP contribution < -0.4 is 5.56 Å². The molecule has 5 heteroatoms. The Morgan fingerprint density at radius 3 is 2.78 bits per heavy atom. The lowest BCUT2D eigenvalue weighted by Gasteiger charge is -2.05. The molecule has 0 atom stereocenters. The molecule has 1 aromatic carbocycles. The van der Waals surface area contributed by atoms with Gasteiger partial charge in [0.25, 0.3) is 5.56 Å². The molecule has 18 heavy (non-hydrogen) atoms. The van der Waals surface area contributed by atoms with Gasteiger partial charge < -0.3 is 4.57 Å². The Bertz CT molecular complexity index is 651. The summed E-state index contributed by atoms with van der Waals surface area (Å²) < 4.78 is 2.11. The van der Waals surface area contributed by atoms with Crippen molar-refractivity contribution in [2.45, 2.75) is 6.54 Å². The Balaban J connectivity index is 2.27. The first-order valence-corrected chi connectivity index (χ1v) is 6.38. The van der Waals surface area contributed by atoms with Gasteiger partial charge in [0, 0.05) is 27.3 Å². The van der Waals surface area contributed by atoms with Crippen LogP contribution in [0.1, 0.15) is 10.4 Å². The summed E-state index contributed by atoms with van der Waals surface area (Å²) in [7, 11) is 0. The van der Waals surface area contributed by atoms with Crippen molar-refractivity contribution in [1.29, 1.82) is 0 Å². The molecule has 0 unspecified atom stereocenters. The molecule has 0 aliphatic carbocycles. The van der Waals surface area contributed by atoms with Crippen molar-refractivity contribution >= 4 is 33.3 Å².